The number of hydrogen-bond donors (Lipinski definition) is 3. The summed E-state index contributed by atoms with van der Waals surface area (Å²) >= 11 is 0. The van der Waals surface area contributed by atoms with Crippen LogP contribution in [0.4, 0.5) is 13.6 Å². The molecule has 0 unspecified atom stereocenters. The van der Waals surface area contributed by atoms with Crippen molar-refractivity contribution in [2.45, 2.75) is 32.9 Å². The first-order chi connectivity index (χ1) is 11.4. The van der Waals surface area contributed by atoms with Crippen molar-refractivity contribution in [3.63, 3.8) is 0 Å². The van der Waals surface area contributed by atoms with Crippen LogP contribution in [0.5, 0.6) is 11.5 Å². The normalized spacial score (nSPS) is 10.3. The Morgan fingerprint density at radius 3 is 2.67 bits per heavy atom. The molecule has 0 aliphatic rings. The van der Waals surface area contributed by atoms with Crippen molar-refractivity contribution in [1.29, 1.82) is 0 Å². The number of carboxylic acids is 1. The topological polar surface area (TPSA) is 96.9 Å². The van der Waals surface area contributed by atoms with E-state index in [1.165, 1.54) is 12.1 Å². The minimum atomic E-state index is -3.01. The number of carboxylic acid groups (broad SMARTS) is 1. The first-order valence-electron chi connectivity index (χ1n) is 7.36. The smallest absolute Gasteiger partial charge is 0.387 e. The molecule has 2 amide bonds. The van der Waals surface area contributed by atoms with Crippen LogP contribution in [0.1, 0.15) is 25.3 Å². The van der Waals surface area contributed by atoms with Crippen LogP contribution in [-0.4, -0.2) is 36.9 Å². The van der Waals surface area contributed by atoms with Gasteiger partial charge in [-0.2, -0.15) is 8.78 Å². The van der Waals surface area contributed by atoms with Gasteiger partial charge < -0.3 is 25.2 Å². The number of alkyl halides is 2. The van der Waals surface area contributed by atoms with Gasteiger partial charge in [0.15, 0.2) is 0 Å². The van der Waals surface area contributed by atoms with Crippen molar-refractivity contribution in [3.8, 4) is 11.5 Å². The van der Waals surface area contributed by atoms with Gasteiger partial charge in [0.2, 0.25) is 0 Å². The van der Waals surface area contributed by atoms with E-state index >= 15 is 0 Å². The molecule has 0 aromatic heterocycles. The van der Waals surface area contributed by atoms with E-state index in [0.29, 0.717) is 17.9 Å². The second-order valence-electron chi connectivity index (χ2n) is 4.75. The van der Waals surface area contributed by atoms with Crippen molar-refractivity contribution in [2.24, 2.45) is 0 Å². The molecular weight excluding hydrogens is 326 g/mol. The summed E-state index contributed by atoms with van der Waals surface area (Å²) in [4.78, 5) is 21.9. The van der Waals surface area contributed by atoms with Gasteiger partial charge in [0.25, 0.3) is 0 Å². The Morgan fingerprint density at radius 2 is 2.04 bits per heavy atom. The molecule has 9 heteroatoms. The van der Waals surface area contributed by atoms with Gasteiger partial charge in [-0.1, -0.05) is 6.92 Å². The highest BCUT2D eigenvalue weighted by Gasteiger charge is 2.12. The molecule has 24 heavy (non-hydrogen) atoms. The maximum absolute atomic E-state index is 12.5. The Labute approximate surface area is 137 Å². The van der Waals surface area contributed by atoms with Crippen LogP contribution in [0.3, 0.4) is 0 Å². The average Bonchev–Trinajstić information content (AvgIpc) is 2.51. The predicted molar refractivity (Wildman–Crippen MR) is 81.4 cm³/mol. The molecule has 134 valence electrons. The number of aliphatic carboxylic acids is 1. The van der Waals surface area contributed by atoms with Crippen molar-refractivity contribution in [1.82, 2.24) is 10.6 Å². The van der Waals surface area contributed by atoms with Crippen LogP contribution < -0.4 is 20.1 Å². The highest BCUT2D eigenvalue weighted by Crippen LogP contribution is 2.26. The molecule has 1 rings (SSSR count). The Bertz CT molecular complexity index is 555. The molecular formula is C15H20F2N2O5. The van der Waals surface area contributed by atoms with Gasteiger partial charge in [-0.3, -0.25) is 4.79 Å². The molecule has 0 fully saturated rings. The predicted octanol–water partition coefficient (Wildman–Crippen LogP) is 2.35. The van der Waals surface area contributed by atoms with E-state index in [1.807, 2.05) is 6.92 Å². The highest BCUT2D eigenvalue weighted by atomic mass is 19.3. The van der Waals surface area contributed by atoms with E-state index in [9.17, 15) is 18.4 Å². The summed E-state index contributed by atoms with van der Waals surface area (Å²) in [6, 6.07) is 3.83. The number of rotatable bonds is 10. The van der Waals surface area contributed by atoms with Gasteiger partial charge in [0.1, 0.15) is 11.5 Å². The fourth-order valence-electron chi connectivity index (χ4n) is 1.72. The summed E-state index contributed by atoms with van der Waals surface area (Å²) in [6.45, 7) is -0.745. The molecule has 7 nitrogen and oxygen atoms in total. The average molecular weight is 346 g/mol. The summed E-state index contributed by atoms with van der Waals surface area (Å²) in [5.41, 5.74) is 0.340. The lowest BCUT2D eigenvalue weighted by atomic mass is 10.2. The first kappa shape index (κ1) is 19.5. The van der Waals surface area contributed by atoms with Gasteiger partial charge >= 0.3 is 18.6 Å². The van der Waals surface area contributed by atoms with E-state index < -0.39 is 18.6 Å². The minimum Gasteiger partial charge on any atom is -0.493 e. The molecule has 0 radical (unpaired) electrons. The van der Waals surface area contributed by atoms with Crippen LogP contribution >= 0.6 is 0 Å². The maximum Gasteiger partial charge on any atom is 0.387 e. The Hall–Kier alpha value is -2.58. The SMILES string of the molecule is CCCOc1ccc(CNC(=O)NCCC(=O)O)c(OC(F)F)c1. The number of nitrogens with one attached hydrogen (secondary N) is 2. The zero-order chi connectivity index (χ0) is 17.9. The fourth-order valence-corrected chi connectivity index (χ4v) is 1.72. The molecule has 1 aromatic carbocycles. The van der Waals surface area contributed by atoms with E-state index in [0.717, 1.165) is 6.42 Å². The molecule has 0 heterocycles. The second-order valence-corrected chi connectivity index (χ2v) is 4.75. The summed E-state index contributed by atoms with van der Waals surface area (Å²) in [6.07, 6.45) is 0.557. The third kappa shape index (κ3) is 7.61. The van der Waals surface area contributed by atoms with E-state index in [4.69, 9.17) is 9.84 Å². The van der Waals surface area contributed by atoms with Crippen LogP contribution in [0.25, 0.3) is 0 Å². The number of hydrogen-bond acceptors (Lipinski definition) is 4. The summed E-state index contributed by atoms with van der Waals surface area (Å²) in [5.74, 6) is -0.739. The number of urea groups is 1. The molecule has 0 aliphatic carbocycles. The molecule has 0 saturated carbocycles. The quantitative estimate of drug-likeness (QED) is 0.604. The van der Waals surface area contributed by atoms with Crippen LogP contribution in [-0.2, 0) is 11.3 Å². The monoisotopic (exact) mass is 346 g/mol. The maximum atomic E-state index is 12.5. The van der Waals surface area contributed by atoms with Gasteiger partial charge in [-0.25, -0.2) is 4.79 Å². The number of ether oxygens (including phenoxy) is 2. The van der Waals surface area contributed by atoms with Crippen LogP contribution in [0.15, 0.2) is 18.2 Å². The molecule has 3 N–H and O–H groups in total. The Morgan fingerprint density at radius 1 is 1.29 bits per heavy atom. The molecule has 0 saturated heterocycles. The van der Waals surface area contributed by atoms with Gasteiger partial charge in [0, 0.05) is 24.7 Å². The summed E-state index contributed by atoms with van der Waals surface area (Å²) < 4.78 is 34.8. The van der Waals surface area contributed by atoms with E-state index in [1.54, 1.807) is 6.07 Å². The van der Waals surface area contributed by atoms with Crippen LogP contribution in [0.2, 0.25) is 0 Å². The zero-order valence-corrected chi connectivity index (χ0v) is 13.2. The second kappa shape index (κ2) is 10.2. The van der Waals surface area contributed by atoms with E-state index in [-0.39, 0.29) is 25.3 Å². The molecule has 1 aromatic rings. The fraction of sp³-hybridized carbons (Fsp3) is 0.467. The third-order valence-electron chi connectivity index (χ3n) is 2.79. The zero-order valence-electron chi connectivity index (χ0n) is 13.2. The Kier molecular flexibility index (Phi) is 8.31. The number of carbonyl (C=O) groups is 2. The molecule has 0 bridgehead atoms. The van der Waals surface area contributed by atoms with Crippen molar-refractivity contribution < 1.29 is 33.0 Å². The van der Waals surface area contributed by atoms with Gasteiger partial charge in [0.05, 0.1) is 13.0 Å². The standard InChI is InChI=1S/C15H20F2N2O5/c1-2-7-23-11-4-3-10(12(8-11)24-14(16)17)9-19-15(22)18-6-5-13(20)21/h3-4,8,14H,2,5-7,9H2,1H3,(H,20,21)(H2,18,19,22). The summed E-state index contributed by atoms with van der Waals surface area (Å²) in [5, 5.41) is 13.3. The number of carbonyl (C=O) groups excluding carboxylic acids is 1. The van der Waals surface area contributed by atoms with E-state index in [2.05, 4.69) is 15.4 Å². The lowest BCUT2D eigenvalue weighted by Gasteiger charge is -2.14. The highest BCUT2D eigenvalue weighted by molar-refractivity contribution is 5.75. The van der Waals surface area contributed by atoms with Gasteiger partial charge in [-0.15, -0.1) is 0 Å². The largest absolute Gasteiger partial charge is 0.493 e. The summed E-state index contributed by atoms with van der Waals surface area (Å²) in [7, 11) is 0. The van der Waals surface area contributed by atoms with Crippen LogP contribution in [0, 0.1) is 0 Å². The molecule has 0 spiro atoms. The number of benzene rings is 1. The van der Waals surface area contributed by atoms with Crippen molar-refractivity contribution >= 4 is 12.0 Å². The lowest BCUT2D eigenvalue weighted by Crippen LogP contribution is -2.36. The first-order valence-corrected chi connectivity index (χ1v) is 7.36. The molecule has 0 atom stereocenters. The lowest BCUT2D eigenvalue weighted by molar-refractivity contribution is -0.136. The van der Waals surface area contributed by atoms with Gasteiger partial charge in [-0.05, 0) is 18.6 Å². The van der Waals surface area contributed by atoms with Crippen molar-refractivity contribution in [3.05, 3.63) is 23.8 Å². The number of halogens is 2. The third-order valence-corrected chi connectivity index (χ3v) is 2.79. The molecule has 0 aliphatic heterocycles. The minimum absolute atomic E-state index is 0.0364. The number of amides is 2. The Balaban J connectivity index is 2.64. The van der Waals surface area contributed by atoms with Crippen molar-refractivity contribution in [2.75, 3.05) is 13.2 Å².